The maximum absolute atomic E-state index is 11.7. The van der Waals surface area contributed by atoms with Crippen molar-refractivity contribution < 1.29 is 19.4 Å². The number of hydrazone groups is 1. The topological polar surface area (TPSA) is 100 Å². The minimum atomic E-state index is -1.04. The van der Waals surface area contributed by atoms with Crippen LogP contribution in [0.2, 0.25) is 5.02 Å². The Morgan fingerprint density at radius 2 is 1.80 bits per heavy atom. The number of nitrogens with zero attached hydrogens (tertiary/aromatic N) is 1. The molecule has 3 N–H and O–H groups in total. The van der Waals surface area contributed by atoms with Crippen LogP contribution in [-0.4, -0.2) is 29.4 Å². The Morgan fingerprint density at radius 1 is 1.16 bits per heavy atom. The van der Waals surface area contributed by atoms with E-state index >= 15 is 0 Å². The van der Waals surface area contributed by atoms with Gasteiger partial charge in [-0.15, -0.1) is 0 Å². The van der Waals surface area contributed by atoms with Gasteiger partial charge >= 0.3 is 12.0 Å². The molecule has 2 amide bonds. The molecule has 0 unspecified atom stereocenters. The number of carboxylic acids is 1. The molecule has 0 heterocycles. The number of hydrogen-bond donors (Lipinski definition) is 3. The van der Waals surface area contributed by atoms with E-state index < -0.39 is 18.1 Å². The maximum Gasteiger partial charge on any atom is 0.344 e. The molecule has 7 nitrogen and oxygen atoms in total. The van der Waals surface area contributed by atoms with Gasteiger partial charge in [0.1, 0.15) is 5.75 Å². The van der Waals surface area contributed by atoms with E-state index in [1.54, 1.807) is 48.5 Å². The van der Waals surface area contributed by atoms with Crippen LogP contribution in [0, 0.1) is 0 Å². The highest BCUT2D eigenvalue weighted by molar-refractivity contribution is 6.30. The van der Waals surface area contributed by atoms with Crippen LogP contribution in [0.5, 0.6) is 5.75 Å². The Labute approximate surface area is 149 Å². The van der Waals surface area contributed by atoms with Gasteiger partial charge in [0.25, 0.3) is 0 Å². The van der Waals surface area contributed by atoms with Crippen molar-refractivity contribution in [3.8, 4) is 5.75 Å². The third-order valence-electron chi connectivity index (χ3n) is 3.02. The Morgan fingerprint density at radius 3 is 2.40 bits per heavy atom. The molecule has 1 atom stereocenters. The van der Waals surface area contributed by atoms with Gasteiger partial charge in [0.05, 0.1) is 6.21 Å². The fraction of sp³-hybridized carbons (Fsp3) is 0.118. The fourth-order valence-electron chi connectivity index (χ4n) is 1.74. The molecule has 0 radical (unpaired) electrons. The normalized spacial score (nSPS) is 11.8. The monoisotopic (exact) mass is 361 g/mol. The van der Waals surface area contributed by atoms with Crippen molar-refractivity contribution in [2.45, 2.75) is 13.0 Å². The second-order valence-corrected chi connectivity index (χ2v) is 5.43. The quantitative estimate of drug-likeness (QED) is 0.542. The van der Waals surface area contributed by atoms with Crippen molar-refractivity contribution in [2.24, 2.45) is 5.10 Å². The first kappa shape index (κ1) is 18.3. The summed E-state index contributed by atoms with van der Waals surface area (Å²) in [5.41, 5.74) is 3.63. The number of carbonyl (C=O) groups is 2. The number of anilines is 1. The smallest absolute Gasteiger partial charge is 0.344 e. The molecule has 0 aromatic heterocycles. The van der Waals surface area contributed by atoms with Crippen molar-refractivity contribution in [3.05, 3.63) is 59.1 Å². The van der Waals surface area contributed by atoms with Crippen molar-refractivity contribution in [3.63, 3.8) is 0 Å². The first-order valence-corrected chi connectivity index (χ1v) is 7.67. The number of urea groups is 1. The number of carboxylic acid groups (broad SMARTS) is 1. The van der Waals surface area contributed by atoms with Gasteiger partial charge in [0, 0.05) is 10.7 Å². The number of halogens is 1. The molecule has 0 aliphatic heterocycles. The fourth-order valence-corrected chi connectivity index (χ4v) is 1.87. The van der Waals surface area contributed by atoms with Crippen LogP contribution >= 0.6 is 11.6 Å². The van der Waals surface area contributed by atoms with Crippen molar-refractivity contribution >= 4 is 35.5 Å². The Bertz CT molecular complexity index is 760. The summed E-state index contributed by atoms with van der Waals surface area (Å²) in [6, 6.07) is 12.8. The predicted octanol–water partition coefficient (Wildman–Crippen LogP) is 3.35. The lowest BCUT2D eigenvalue weighted by Crippen LogP contribution is -2.24. The van der Waals surface area contributed by atoms with Gasteiger partial charge in [-0.25, -0.2) is 15.0 Å². The Kier molecular flexibility index (Phi) is 6.36. The van der Waals surface area contributed by atoms with Crippen LogP contribution in [-0.2, 0) is 4.79 Å². The molecule has 0 fully saturated rings. The molecule has 0 saturated carbocycles. The first-order chi connectivity index (χ1) is 11.9. The lowest BCUT2D eigenvalue weighted by molar-refractivity contribution is -0.144. The highest BCUT2D eigenvalue weighted by atomic mass is 35.5. The molecule has 0 saturated heterocycles. The van der Waals surface area contributed by atoms with Gasteiger partial charge in [-0.1, -0.05) is 11.6 Å². The number of carbonyl (C=O) groups excluding carboxylic acids is 1. The van der Waals surface area contributed by atoms with Crippen molar-refractivity contribution in [1.29, 1.82) is 0 Å². The average Bonchev–Trinajstić information content (AvgIpc) is 2.58. The number of nitrogens with one attached hydrogen (secondary N) is 2. The SMILES string of the molecule is C[C@H](Oc1ccc(/C=N/NC(=O)Nc2ccc(Cl)cc2)cc1)C(=O)O. The predicted molar refractivity (Wildman–Crippen MR) is 95.4 cm³/mol. The number of rotatable bonds is 6. The van der Waals surface area contributed by atoms with Gasteiger partial charge < -0.3 is 15.2 Å². The van der Waals surface area contributed by atoms with Gasteiger partial charge in [-0.3, -0.25) is 0 Å². The molecular weight excluding hydrogens is 346 g/mol. The van der Waals surface area contributed by atoms with Gasteiger partial charge in [-0.2, -0.15) is 5.10 Å². The molecule has 0 aliphatic carbocycles. The van der Waals surface area contributed by atoms with Crippen LogP contribution in [0.15, 0.2) is 53.6 Å². The summed E-state index contributed by atoms with van der Waals surface area (Å²) in [5, 5.41) is 15.8. The van der Waals surface area contributed by atoms with Crippen LogP contribution in [0.4, 0.5) is 10.5 Å². The zero-order valence-electron chi connectivity index (χ0n) is 13.3. The average molecular weight is 362 g/mol. The molecule has 25 heavy (non-hydrogen) atoms. The summed E-state index contributed by atoms with van der Waals surface area (Å²) in [6.45, 7) is 1.45. The second kappa shape index (κ2) is 8.70. The third-order valence-corrected chi connectivity index (χ3v) is 3.27. The highest BCUT2D eigenvalue weighted by Crippen LogP contribution is 2.14. The number of benzene rings is 2. The molecule has 0 bridgehead atoms. The zero-order valence-corrected chi connectivity index (χ0v) is 14.0. The second-order valence-electron chi connectivity index (χ2n) is 5.00. The minimum Gasteiger partial charge on any atom is -0.479 e. The number of ether oxygens (including phenoxy) is 1. The largest absolute Gasteiger partial charge is 0.479 e. The molecule has 2 aromatic rings. The summed E-state index contributed by atoms with van der Waals surface area (Å²) in [4.78, 5) is 22.4. The van der Waals surface area contributed by atoms with Crippen LogP contribution < -0.4 is 15.5 Å². The molecular formula is C17H16ClN3O4. The summed E-state index contributed by atoms with van der Waals surface area (Å²) in [5.74, 6) is -0.609. The van der Waals surface area contributed by atoms with Crippen molar-refractivity contribution in [1.82, 2.24) is 5.43 Å². The lowest BCUT2D eigenvalue weighted by Gasteiger charge is -2.09. The molecule has 130 valence electrons. The molecule has 2 rings (SSSR count). The number of amides is 2. The molecule has 8 heteroatoms. The highest BCUT2D eigenvalue weighted by Gasteiger charge is 2.11. The maximum atomic E-state index is 11.7. The number of hydrogen-bond acceptors (Lipinski definition) is 4. The summed E-state index contributed by atoms with van der Waals surface area (Å²) < 4.78 is 5.22. The minimum absolute atomic E-state index is 0.431. The third kappa shape index (κ3) is 6.15. The Balaban J connectivity index is 1.83. The van der Waals surface area contributed by atoms with E-state index in [1.807, 2.05) is 0 Å². The van der Waals surface area contributed by atoms with Gasteiger partial charge in [-0.05, 0) is 61.0 Å². The summed E-state index contributed by atoms with van der Waals surface area (Å²) >= 11 is 5.76. The number of aliphatic carboxylic acids is 1. The van der Waals surface area contributed by atoms with E-state index in [-0.39, 0.29) is 0 Å². The van der Waals surface area contributed by atoms with E-state index in [1.165, 1.54) is 13.1 Å². The van der Waals surface area contributed by atoms with Crippen LogP contribution in [0.1, 0.15) is 12.5 Å². The van der Waals surface area contributed by atoms with Crippen LogP contribution in [0.25, 0.3) is 0 Å². The van der Waals surface area contributed by atoms with E-state index in [9.17, 15) is 9.59 Å². The van der Waals surface area contributed by atoms with Gasteiger partial charge in [0.2, 0.25) is 0 Å². The molecule has 0 aliphatic rings. The van der Waals surface area contributed by atoms with Crippen LogP contribution in [0.3, 0.4) is 0 Å². The van der Waals surface area contributed by atoms with Crippen molar-refractivity contribution in [2.75, 3.05) is 5.32 Å². The Hall–Kier alpha value is -3.06. The summed E-state index contributed by atoms with van der Waals surface area (Å²) in [7, 11) is 0. The molecule has 2 aromatic carbocycles. The first-order valence-electron chi connectivity index (χ1n) is 7.29. The zero-order chi connectivity index (χ0) is 18.2. The van der Waals surface area contributed by atoms with E-state index in [4.69, 9.17) is 21.4 Å². The lowest BCUT2D eigenvalue weighted by atomic mass is 10.2. The molecule has 0 spiro atoms. The van der Waals surface area contributed by atoms with Gasteiger partial charge in [0.15, 0.2) is 6.10 Å². The summed E-state index contributed by atoms with van der Waals surface area (Å²) in [6.07, 6.45) is 0.518. The van der Waals surface area contributed by atoms with E-state index in [2.05, 4.69) is 15.8 Å². The standard InChI is InChI=1S/C17H16ClN3O4/c1-11(16(22)23)25-15-8-2-12(3-9-15)10-19-21-17(24)20-14-6-4-13(18)5-7-14/h2-11H,1H3,(H,22,23)(H2,20,21,24)/b19-10+/t11-/m0/s1. The van der Waals surface area contributed by atoms with E-state index in [0.29, 0.717) is 22.0 Å². The van der Waals surface area contributed by atoms with E-state index in [0.717, 1.165) is 0 Å².